The summed E-state index contributed by atoms with van der Waals surface area (Å²) in [5.41, 5.74) is 1.42. The quantitative estimate of drug-likeness (QED) is 0.720. The van der Waals surface area contributed by atoms with E-state index in [1.165, 1.54) is 31.5 Å². The average molecular weight is 480 g/mol. The van der Waals surface area contributed by atoms with Crippen molar-refractivity contribution in [3.05, 3.63) is 35.9 Å². The van der Waals surface area contributed by atoms with Crippen molar-refractivity contribution < 1.29 is 4.79 Å². The van der Waals surface area contributed by atoms with Crippen LogP contribution in [0.3, 0.4) is 0 Å². The molecular formula is C22H37Cl3N4O. The summed E-state index contributed by atoms with van der Waals surface area (Å²) in [6, 6.07) is 11.5. The van der Waals surface area contributed by atoms with Crippen molar-refractivity contribution in [1.82, 2.24) is 20.0 Å². The Kier molecular flexibility index (Phi) is 12.6. The molecule has 3 saturated heterocycles. The number of likely N-dealkylation sites (tertiary alicyclic amines) is 1. The molecule has 0 spiro atoms. The van der Waals surface area contributed by atoms with Gasteiger partial charge in [0.15, 0.2) is 0 Å². The van der Waals surface area contributed by atoms with Crippen molar-refractivity contribution in [1.29, 1.82) is 0 Å². The molecule has 1 aromatic rings. The molecule has 0 radical (unpaired) electrons. The second-order valence-electron chi connectivity index (χ2n) is 8.38. The molecule has 3 heterocycles. The van der Waals surface area contributed by atoms with Gasteiger partial charge in [0.1, 0.15) is 0 Å². The number of carbonyl (C=O) groups excluding carboxylic acids is 1. The first kappa shape index (κ1) is 27.5. The van der Waals surface area contributed by atoms with Crippen molar-refractivity contribution >= 4 is 43.1 Å². The third-order valence-electron chi connectivity index (χ3n) is 6.64. The highest BCUT2D eigenvalue weighted by molar-refractivity contribution is 5.86. The molecule has 1 aromatic carbocycles. The van der Waals surface area contributed by atoms with Crippen LogP contribution >= 0.6 is 37.2 Å². The number of benzene rings is 1. The minimum absolute atomic E-state index is 0. The number of piperidine rings is 2. The molecule has 0 aromatic heterocycles. The lowest BCUT2D eigenvalue weighted by Crippen LogP contribution is -2.55. The molecule has 3 aliphatic heterocycles. The van der Waals surface area contributed by atoms with E-state index in [-0.39, 0.29) is 43.1 Å². The number of carbonyl (C=O) groups is 1. The van der Waals surface area contributed by atoms with Crippen LogP contribution in [-0.4, -0.2) is 79.0 Å². The summed E-state index contributed by atoms with van der Waals surface area (Å²) in [5, 5.41) is 3.36. The van der Waals surface area contributed by atoms with Gasteiger partial charge < -0.3 is 10.2 Å². The molecule has 8 heteroatoms. The fourth-order valence-corrected chi connectivity index (χ4v) is 4.92. The van der Waals surface area contributed by atoms with Crippen molar-refractivity contribution in [2.45, 2.75) is 38.3 Å². The largest absolute Gasteiger partial charge is 0.340 e. The second kappa shape index (κ2) is 13.8. The number of nitrogens with one attached hydrogen (secondary N) is 1. The molecule has 3 aliphatic rings. The summed E-state index contributed by atoms with van der Waals surface area (Å²) >= 11 is 0. The predicted octanol–water partition coefficient (Wildman–Crippen LogP) is 3.06. The van der Waals surface area contributed by atoms with E-state index in [0.717, 1.165) is 58.7 Å². The van der Waals surface area contributed by atoms with Gasteiger partial charge in [0.25, 0.3) is 0 Å². The van der Waals surface area contributed by atoms with Crippen LogP contribution in [0.1, 0.15) is 31.2 Å². The lowest BCUT2D eigenvalue weighted by Gasteiger charge is -2.43. The normalized spacial score (nSPS) is 21.8. The molecule has 0 atom stereocenters. The van der Waals surface area contributed by atoms with Gasteiger partial charge >= 0.3 is 0 Å². The third kappa shape index (κ3) is 7.25. The first-order chi connectivity index (χ1) is 13.3. The Labute approximate surface area is 200 Å². The third-order valence-corrected chi connectivity index (χ3v) is 6.64. The van der Waals surface area contributed by atoms with Crippen LogP contribution in [0.2, 0.25) is 0 Å². The second-order valence-corrected chi connectivity index (χ2v) is 8.38. The molecule has 0 unspecified atom stereocenters. The first-order valence-electron chi connectivity index (χ1n) is 10.8. The maximum absolute atomic E-state index is 12.7. The average Bonchev–Trinajstić information content (AvgIpc) is 2.75. The number of rotatable bonds is 4. The zero-order chi connectivity index (χ0) is 18.5. The van der Waals surface area contributed by atoms with Gasteiger partial charge in [-0.2, -0.15) is 0 Å². The maximum Gasteiger partial charge on any atom is 0.225 e. The zero-order valence-electron chi connectivity index (χ0n) is 17.7. The number of halogens is 3. The van der Waals surface area contributed by atoms with E-state index in [9.17, 15) is 4.79 Å². The smallest absolute Gasteiger partial charge is 0.225 e. The number of hydrogen-bond donors (Lipinski definition) is 1. The van der Waals surface area contributed by atoms with Gasteiger partial charge in [0, 0.05) is 44.7 Å². The molecule has 1 amide bonds. The van der Waals surface area contributed by atoms with Gasteiger partial charge in [-0.1, -0.05) is 30.3 Å². The SMILES string of the molecule is Cl.Cl.Cl.O=C(C1CCNCC1)N1CCN(C2CCN(Cc3ccccc3)CC2)CC1. The Balaban J connectivity index is 0.00000150. The molecule has 0 bridgehead atoms. The van der Waals surface area contributed by atoms with E-state index in [0.29, 0.717) is 11.9 Å². The lowest BCUT2D eigenvalue weighted by atomic mass is 9.96. The van der Waals surface area contributed by atoms with Crippen LogP contribution < -0.4 is 5.32 Å². The summed E-state index contributed by atoms with van der Waals surface area (Å²) in [6.07, 6.45) is 4.54. The number of nitrogens with zero attached hydrogens (tertiary/aromatic N) is 3. The minimum atomic E-state index is 0. The van der Waals surface area contributed by atoms with Crippen molar-refractivity contribution in [3.8, 4) is 0 Å². The Morgan fingerprint density at radius 2 is 1.43 bits per heavy atom. The molecule has 0 aliphatic carbocycles. The van der Waals surface area contributed by atoms with E-state index in [2.05, 4.69) is 50.3 Å². The maximum atomic E-state index is 12.7. The standard InChI is InChI=1S/C22H34N4O.3ClH/c27-22(20-6-10-23-11-7-20)26-16-14-25(15-17-26)21-8-12-24(13-9-21)18-19-4-2-1-3-5-19;;;/h1-5,20-21,23H,6-18H2;3*1H. The first-order valence-corrected chi connectivity index (χ1v) is 10.8. The Morgan fingerprint density at radius 1 is 0.833 bits per heavy atom. The predicted molar refractivity (Wildman–Crippen MR) is 130 cm³/mol. The summed E-state index contributed by atoms with van der Waals surface area (Å²) in [6.45, 7) is 9.41. The van der Waals surface area contributed by atoms with Crippen LogP contribution in [0.4, 0.5) is 0 Å². The molecule has 1 N–H and O–H groups in total. The molecule has 172 valence electrons. The van der Waals surface area contributed by atoms with Gasteiger partial charge in [-0.25, -0.2) is 0 Å². The van der Waals surface area contributed by atoms with Gasteiger partial charge in [-0.3, -0.25) is 14.6 Å². The molecular weight excluding hydrogens is 443 g/mol. The number of piperazine rings is 1. The van der Waals surface area contributed by atoms with Gasteiger partial charge in [-0.15, -0.1) is 37.2 Å². The van der Waals surface area contributed by atoms with Crippen LogP contribution in [0.25, 0.3) is 0 Å². The minimum Gasteiger partial charge on any atom is -0.340 e. The van der Waals surface area contributed by atoms with Crippen molar-refractivity contribution in [2.24, 2.45) is 5.92 Å². The van der Waals surface area contributed by atoms with Gasteiger partial charge in [0.05, 0.1) is 0 Å². The van der Waals surface area contributed by atoms with Crippen LogP contribution in [0.5, 0.6) is 0 Å². The van der Waals surface area contributed by atoms with Crippen molar-refractivity contribution in [3.63, 3.8) is 0 Å². The topological polar surface area (TPSA) is 38.8 Å². The van der Waals surface area contributed by atoms with Crippen LogP contribution in [-0.2, 0) is 11.3 Å². The van der Waals surface area contributed by atoms with Gasteiger partial charge in [-0.05, 0) is 57.4 Å². The monoisotopic (exact) mass is 478 g/mol. The van der Waals surface area contributed by atoms with E-state index in [1.807, 2.05) is 0 Å². The van der Waals surface area contributed by atoms with Crippen LogP contribution in [0, 0.1) is 5.92 Å². The molecule has 3 fully saturated rings. The van der Waals surface area contributed by atoms with Crippen LogP contribution in [0.15, 0.2) is 30.3 Å². The summed E-state index contributed by atoms with van der Waals surface area (Å²) in [5.74, 6) is 0.674. The highest BCUT2D eigenvalue weighted by Crippen LogP contribution is 2.21. The van der Waals surface area contributed by atoms with E-state index < -0.39 is 0 Å². The Bertz CT molecular complexity index is 600. The zero-order valence-corrected chi connectivity index (χ0v) is 20.2. The number of amides is 1. The van der Waals surface area contributed by atoms with Crippen molar-refractivity contribution in [2.75, 3.05) is 52.4 Å². The summed E-state index contributed by atoms with van der Waals surface area (Å²) in [7, 11) is 0. The molecule has 0 saturated carbocycles. The fraction of sp³-hybridized carbons (Fsp3) is 0.682. The van der Waals surface area contributed by atoms with E-state index in [1.54, 1.807) is 0 Å². The molecule has 4 rings (SSSR count). The highest BCUT2D eigenvalue weighted by Gasteiger charge is 2.31. The summed E-state index contributed by atoms with van der Waals surface area (Å²) in [4.78, 5) is 20.1. The number of hydrogen-bond acceptors (Lipinski definition) is 4. The van der Waals surface area contributed by atoms with E-state index in [4.69, 9.17) is 0 Å². The molecule has 5 nitrogen and oxygen atoms in total. The Morgan fingerprint density at radius 3 is 2.03 bits per heavy atom. The fourth-order valence-electron chi connectivity index (χ4n) is 4.92. The molecule has 30 heavy (non-hydrogen) atoms. The lowest BCUT2D eigenvalue weighted by molar-refractivity contribution is -0.138. The van der Waals surface area contributed by atoms with Gasteiger partial charge in [0.2, 0.25) is 5.91 Å². The summed E-state index contributed by atoms with van der Waals surface area (Å²) < 4.78 is 0. The van der Waals surface area contributed by atoms with E-state index >= 15 is 0 Å². The Hall–Kier alpha value is -0.560. The highest BCUT2D eigenvalue weighted by atomic mass is 35.5.